The van der Waals surface area contributed by atoms with E-state index in [1.54, 1.807) is 19.2 Å². The fourth-order valence-electron chi connectivity index (χ4n) is 4.18. The molecule has 0 spiro atoms. The number of anilines is 2. The number of nitrogens with one attached hydrogen (secondary N) is 5. The van der Waals surface area contributed by atoms with Gasteiger partial charge in [0.05, 0.1) is 19.0 Å². The molecule has 1 aliphatic heterocycles. The number of methoxy groups -OCH3 is 1. The zero-order chi connectivity index (χ0) is 25.1. The van der Waals surface area contributed by atoms with Gasteiger partial charge >= 0.3 is 0 Å². The molecule has 11 nitrogen and oxygen atoms in total. The van der Waals surface area contributed by atoms with Gasteiger partial charge in [-0.2, -0.15) is 0 Å². The number of hydrogen-bond acceptors (Lipinski definition) is 7. The highest BCUT2D eigenvalue weighted by molar-refractivity contribution is 6.13. The van der Waals surface area contributed by atoms with E-state index in [9.17, 15) is 9.59 Å². The smallest absolute Gasteiger partial charge is 0.276 e. The summed E-state index contributed by atoms with van der Waals surface area (Å²) in [6.07, 6.45) is 3.41. The Morgan fingerprint density at radius 1 is 1.08 bits per heavy atom. The second-order valence-electron chi connectivity index (χ2n) is 8.52. The number of H-pyrrole nitrogens is 2. The van der Waals surface area contributed by atoms with Crippen LogP contribution in [0.3, 0.4) is 0 Å². The molecule has 0 unspecified atom stereocenters. The Morgan fingerprint density at radius 2 is 1.92 bits per heavy atom. The van der Waals surface area contributed by atoms with Crippen molar-refractivity contribution in [2.75, 3.05) is 30.8 Å². The Labute approximate surface area is 207 Å². The number of aromatic nitrogens is 4. The maximum absolute atomic E-state index is 13.0. The Hall–Kier alpha value is -4.38. The lowest BCUT2D eigenvalue weighted by Crippen LogP contribution is -2.34. The number of carbonyl (C=O) groups is 2. The van der Waals surface area contributed by atoms with Crippen molar-refractivity contribution in [3.8, 4) is 11.5 Å². The molecule has 1 saturated heterocycles. The molecule has 1 fully saturated rings. The highest BCUT2D eigenvalue weighted by Gasteiger charge is 2.22. The number of carbonyl (C=O) groups excluding carboxylic acids is 2. The highest BCUT2D eigenvalue weighted by atomic mass is 16.5. The fraction of sp³-hybridized carbons (Fsp3) is 0.280. The molecule has 36 heavy (non-hydrogen) atoms. The monoisotopic (exact) mass is 489 g/mol. The number of fused-ring (bicyclic) bond motifs is 1. The number of benzene rings is 2. The van der Waals surface area contributed by atoms with Gasteiger partial charge in [0.15, 0.2) is 5.69 Å². The Bertz CT molecular complexity index is 1400. The van der Waals surface area contributed by atoms with E-state index in [0.29, 0.717) is 22.5 Å². The summed E-state index contributed by atoms with van der Waals surface area (Å²) < 4.78 is 11.4. The molecule has 0 radical (unpaired) electrons. The minimum atomic E-state index is -0.557. The summed E-state index contributed by atoms with van der Waals surface area (Å²) in [6, 6.07) is 10.9. The molecule has 3 heterocycles. The molecule has 1 aliphatic rings. The largest absolute Gasteiger partial charge is 0.494 e. The fourth-order valence-corrected chi connectivity index (χ4v) is 4.18. The maximum Gasteiger partial charge on any atom is 0.276 e. The summed E-state index contributed by atoms with van der Waals surface area (Å²) >= 11 is 0. The Kier molecular flexibility index (Phi) is 6.54. The lowest BCUT2D eigenvalue weighted by atomic mass is 10.1. The van der Waals surface area contributed by atoms with Crippen molar-refractivity contribution in [3.63, 3.8) is 0 Å². The van der Waals surface area contributed by atoms with Crippen molar-refractivity contribution in [1.29, 1.82) is 0 Å². The number of nitrogens with zero attached hydrogens (tertiary/aromatic N) is 2. The van der Waals surface area contributed by atoms with Gasteiger partial charge in [0.25, 0.3) is 11.8 Å². The van der Waals surface area contributed by atoms with Crippen molar-refractivity contribution in [3.05, 3.63) is 59.7 Å². The number of aromatic amines is 2. The van der Waals surface area contributed by atoms with Crippen LogP contribution in [0.15, 0.2) is 42.7 Å². The average molecular weight is 490 g/mol. The lowest BCUT2D eigenvalue weighted by Gasteiger charge is -2.24. The van der Waals surface area contributed by atoms with Crippen molar-refractivity contribution in [2.24, 2.45) is 0 Å². The van der Waals surface area contributed by atoms with E-state index in [2.05, 4.69) is 35.9 Å². The summed E-state index contributed by atoms with van der Waals surface area (Å²) in [4.78, 5) is 40.1. The van der Waals surface area contributed by atoms with E-state index in [1.165, 1.54) is 6.33 Å². The number of piperidine rings is 1. The Balaban J connectivity index is 1.27. The summed E-state index contributed by atoms with van der Waals surface area (Å²) in [7, 11) is 1.55. The first-order valence-corrected chi connectivity index (χ1v) is 11.7. The molecule has 0 aliphatic carbocycles. The van der Waals surface area contributed by atoms with E-state index in [0.717, 1.165) is 37.2 Å². The molecule has 186 valence electrons. The summed E-state index contributed by atoms with van der Waals surface area (Å²) in [5.41, 5.74) is 2.72. The molecule has 5 rings (SSSR count). The van der Waals surface area contributed by atoms with Crippen molar-refractivity contribution >= 4 is 34.5 Å². The van der Waals surface area contributed by atoms with E-state index in [4.69, 9.17) is 9.47 Å². The van der Waals surface area contributed by atoms with Crippen LogP contribution >= 0.6 is 0 Å². The van der Waals surface area contributed by atoms with Gasteiger partial charge in [0.2, 0.25) is 5.95 Å². The minimum Gasteiger partial charge on any atom is -0.494 e. The number of hydrogen-bond donors (Lipinski definition) is 5. The van der Waals surface area contributed by atoms with Crippen LogP contribution in [-0.4, -0.2) is 58.1 Å². The molecule has 2 aromatic carbocycles. The van der Waals surface area contributed by atoms with Crippen LogP contribution in [0, 0.1) is 6.92 Å². The summed E-state index contributed by atoms with van der Waals surface area (Å²) in [5.74, 6) is 0.495. The van der Waals surface area contributed by atoms with Crippen LogP contribution in [-0.2, 0) is 0 Å². The van der Waals surface area contributed by atoms with E-state index in [1.807, 2.05) is 31.2 Å². The zero-order valence-electron chi connectivity index (χ0n) is 20.0. The number of rotatable bonds is 7. The average Bonchev–Trinajstić information content (AvgIpc) is 3.53. The van der Waals surface area contributed by atoms with Crippen LogP contribution in [0.2, 0.25) is 0 Å². The molecule has 0 atom stereocenters. The first kappa shape index (κ1) is 23.4. The van der Waals surface area contributed by atoms with Gasteiger partial charge in [-0.1, -0.05) is 6.07 Å². The molecule has 2 aromatic heterocycles. The number of aryl methyl sites for hydroxylation is 1. The van der Waals surface area contributed by atoms with Gasteiger partial charge < -0.3 is 30.1 Å². The normalized spacial score (nSPS) is 13.9. The number of imidazole rings is 2. The van der Waals surface area contributed by atoms with Crippen LogP contribution in [0.1, 0.15) is 39.4 Å². The van der Waals surface area contributed by atoms with Gasteiger partial charge in [-0.05, 0) is 68.8 Å². The topological polar surface area (TPSA) is 146 Å². The predicted molar refractivity (Wildman–Crippen MR) is 135 cm³/mol. The molecule has 0 saturated carbocycles. The lowest BCUT2D eigenvalue weighted by molar-refractivity contribution is 0.0985. The number of para-hydroxylation sites is 1. The van der Waals surface area contributed by atoms with Crippen LogP contribution in [0.5, 0.6) is 11.5 Å². The van der Waals surface area contributed by atoms with Crippen molar-refractivity contribution in [1.82, 2.24) is 25.3 Å². The van der Waals surface area contributed by atoms with E-state index >= 15 is 0 Å². The predicted octanol–water partition coefficient (Wildman–Crippen LogP) is 3.24. The molecular formula is C25H27N7O4. The summed E-state index contributed by atoms with van der Waals surface area (Å²) in [5, 5.41) is 8.82. The third-order valence-corrected chi connectivity index (χ3v) is 6.04. The Morgan fingerprint density at radius 3 is 2.69 bits per heavy atom. The first-order chi connectivity index (χ1) is 17.5. The minimum absolute atomic E-state index is 0.0171. The van der Waals surface area contributed by atoms with Crippen LogP contribution in [0.25, 0.3) is 11.0 Å². The molecule has 4 aromatic rings. The maximum atomic E-state index is 13.0. The molecular weight excluding hydrogens is 462 g/mol. The van der Waals surface area contributed by atoms with Gasteiger partial charge in [-0.3, -0.25) is 14.9 Å². The van der Waals surface area contributed by atoms with E-state index < -0.39 is 11.8 Å². The second kappa shape index (κ2) is 10.1. The molecule has 11 heteroatoms. The standard InChI is InChI=1S/C25H27N7O4/c1-14-12-16(36-15-8-10-26-11-9-15)6-7-17(14)29-23(33)21-22(28-13-27-21)24(34)32-25-30-18-4-3-5-19(35-2)20(18)31-25/h3-7,12-13,15,26H,8-11H2,1-2H3,(H,27,28)(H,29,33)(H2,30,31,32,34). The van der Waals surface area contributed by atoms with Crippen LogP contribution in [0.4, 0.5) is 11.6 Å². The number of amides is 2. The van der Waals surface area contributed by atoms with Gasteiger partial charge in [0.1, 0.15) is 28.8 Å². The SMILES string of the molecule is COc1cccc2[nH]c(NC(=O)c3[nH]cnc3C(=O)Nc3ccc(OC4CCNCC4)cc3C)nc12. The molecule has 2 amide bonds. The van der Waals surface area contributed by atoms with Crippen LogP contribution < -0.4 is 25.4 Å². The highest BCUT2D eigenvalue weighted by Crippen LogP contribution is 2.26. The molecule has 5 N–H and O–H groups in total. The van der Waals surface area contributed by atoms with Crippen molar-refractivity contribution < 1.29 is 19.1 Å². The second-order valence-corrected chi connectivity index (χ2v) is 8.52. The van der Waals surface area contributed by atoms with Gasteiger partial charge in [-0.25, -0.2) is 9.97 Å². The summed E-state index contributed by atoms with van der Waals surface area (Å²) in [6.45, 7) is 3.78. The third-order valence-electron chi connectivity index (χ3n) is 6.04. The number of ether oxygens (including phenoxy) is 2. The third kappa shape index (κ3) is 4.86. The first-order valence-electron chi connectivity index (χ1n) is 11.7. The van der Waals surface area contributed by atoms with E-state index in [-0.39, 0.29) is 23.4 Å². The zero-order valence-corrected chi connectivity index (χ0v) is 20.0. The van der Waals surface area contributed by atoms with Crippen molar-refractivity contribution in [2.45, 2.75) is 25.9 Å². The van der Waals surface area contributed by atoms with Gasteiger partial charge in [-0.15, -0.1) is 0 Å². The quantitative estimate of drug-likeness (QED) is 0.268. The molecule has 0 bridgehead atoms. The van der Waals surface area contributed by atoms with Gasteiger partial charge in [0, 0.05) is 5.69 Å².